The molecule has 1 N–H and O–H groups in total. The number of amides is 2. The number of rotatable bonds is 3. The summed E-state index contributed by atoms with van der Waals surface area (Å²) in [5.74, 6) is -2.25. The number of likely N-dealkylation sites (tertiary alicyclic amines) is 1. The molecule has 0 bridgehead atoms. The molecule has 136 valence electrons. The van der Waals surface area contributed by atoms with Crippen molar-refractivity contribution in [1.29, 1.82) is 0 Å². The number of hydrogen-bond acceptors (Lipinski definition) is 2. The molecule has 1 aliphatic heterocycles. The van der Waals surface area contributed by atoms with Crippen LogP contribution in [0, 0.1) is 17.6 Å². The van der Waals surface area contributed by atoms with E-state index in [0.717, 1.165) is 6.07 Å². The zero-order valence-electron chi connectivity index (χ0n) is 13.8. The molecule has 3 rings (SSSR count). The van der Waals surface area contributed by atoms with E-state index in [0.29, 0.717) is 25.1 Å². The molecule has 7 heteroatoms. The minimum absolute atomic E-state index is 0.00450. The third-order valence-corrected chi connectivity index (χ3v) is 4.69. The van der Waals surface area contributed by atoms with E-state index in [1.807, 2.05) is 0 Å². The van der Waals surface area contributed by atoms with Gasteiger partial charge in [0.05, 0.1) is 22.2 Å². The van der Waals surface area contributed by atoms with E-state index in [1.165, 1.54) is 35.2 Å². The number of carbonyl (C=O) groups is 2. The number of piperidine rings is 1. The summed E-state index contributed by atoms with van der Waals surface area (Å²) >= 11 is 5.93. The molecule has 2 amide bonds. The number of anilines is 1. The normalized spacial score (nSPS) is 17.0. The predicted molar refractivity (Wildman–Crippen MR) is 95.1 cm³/mol. The molecule has 2 aromatic rings. The first-order valence-electron chi connectivity index (χ1n) is 8.25. The van der Waals surface area contributed by atoms with Gasteiger partial charge in [0.15, 0.2) is 0 Å². The lowest BCUT2D eigenvalue weighted by atomic mass is 9.96. The first-order chi connectivity index (χ1) is 12.5. The van der Waals surface area contributed by atoms with Gasteiger partial charge in [-0.1, -0.05) is 23.7 Å². The van der Waals surface area contributed by atoms with E-state index in [-0.39, 0.29) is 23.0 Å². The van der Waals surface area contributed by atoms with Gasteiger partial charge >= 0.3 is 0 Å². The summed E-state index contributed by atoms with van der Waals surface area (Å²) in [6.45, 7) is 0.659. The monoisotopic (exact) mass is 378 g/mol. The van der Waals surface area contributed by atoms with Crippen molar-refractivity contribution in [2.24, 2.45) is 5.92 Å². The smallest absolute Gasteiger partial charge is 0.256 e. The van der Waals surface area contributed by atoms with Gasteiger partial charge in [-0.05, 0) is 43.2 Å². The second kappa shape index (κ2) is 7.83. The van der Waals surface area contributed by atoms with E-state index in [4.69, 9.17) is 11.6 Å². The summed E-state index contributed by atoms with van der Waals surface area (Å²) in [6, 6.07) is 9.49. The van der Waals surface area contributed by atoms with Gasteiger partial charge in [-0.3, -0.25) is 9.59 Å². The van der Waals surface area contributed by atoms with E-state index < -0.39 is 23.5 Å². The standard InChI is InChI=1S/C19H17ClF2N2O2/c20-15-10-13(21)7-8-17(15)23-18(25)12-4-3-9-24(11-12)19(26)14-5-1-2-6-16(14)22/h1-2,5-8,10,12H,3-4,9,11H2,(H,23,25). The fourth-order valence-corrected chi connectivity index (χ4v) is 3.22. The lowest BCUT2D eigenvalue weighted by Gasteiger charge is -2.32. The second-order valence-electron chi connectivity index (χ2n) is 6.18. The van der Waals surface area contributed by atoms with Crippen LogP contribution in [0.4, 0.5) is 14.5 Å². The Bertz CT molecular complexity index is 844. The summed E-state index contributed by atoms with van der Waals surface area (Å²) in [4.78, 5) is 26.5. The maximum atomic E-state index is 13.8. The highest BCUT2D eigenvalue weighted by Crippen LogP contribution is 2.25. The maximum absolute atomic E-state index is 13.8. The summed E-state index contributed by atoms with van der Waals surface area (Å²) in [7, 11) is 0. The maximum Gasteiger partial charge on any atom is 0.256 e. The van der Waals surface area contributed by atoms with Crippen molar-refractivity contribution in [2.75, 3.05) is 18.4 Å². The molecular formula is C19H17ClF2N2O2. The number of halogens is 3. The Morgan fingerprint density at radius 1 is 1.15 bits per heavy atom. The molecule has 0 radical (unpaired) electrons. The number of hydrogen-bond donors (Lipinski definition) is 1. The zero-order valence-corrected chi connectivity index (χ0v) is 14.6. The highest BCUT2D eigenvalue weighted by atomic mass is 35.5. The first kappa shape index (κ1) is 18.3. The van der Waals surface area contributed by atoms with Crippen LogP contribution in [0.1, 0.15) is 23.2 Å². The van der Waals surface area contributed by atoms with Crippen LogP contribution < -0.4 is 5.32 Å². The Labute approximate surface area is 154 Å². The van der Waals surface area contributed by atoms with E-state index in [9.17, 15) is 18.4 Å². The van der Waals surface area contributed by atoms with E-state index in [1.54, 1.807) is 6.07 Å². The molecule has 1 unspecified atom stereocenters. The average Bonchev–Trinajstić information content (AvgIpc) is 2.64. The highest BCUT2D eigenvalue weighted by molar-refractivity contribution is 6.33. The van der Waals surface area contributed by atoms with E-state index in [2.05, 4.69) is 5.32 Å². The Kier molecular flexibility index (Phi) is 5.52. The van der Waals surface area contributed by atoms with Gasteiger partial charge < -0.3 is 10.2 Å². The highest BCUT2D eigenvalue weighted by Gasteiger charge is 2.30. The number of carbonyl (C=O) groups excluding carboxylic acids is 2. The van der Waals surface area contributed by atoms with Crippen LogP contribution >= 0.6 is 11.6 Å². The molecule has 2 aromatic carbocycles. The zero-order chi connectivity index (χ0) is 18.7. The molecule has 1 fully saturated rings. The Morgan fingerprint density at radius 2 is 1.92 bits per heavy atom. The summed E-state index contributed by atoms with van der Waals surface area (Å²) in [5.41, 5.74) is 0.311. The minimum atomic E-state index is -0.581. The quantitative estimate of drug-likeness (QED) is 0.873. The van der Waals surface area contributed by atoms with Crippen molar-refractivity contribution in [3.05, 3.63) is 64.7 Å². The summed E-state index contributed by atoms with van der Waals surface area (Å²) in [6.07, 6.45) is 1.24. The van der Waals surface area contributed by atoms with Gasteiger partial charge in [0, 0.05) is 13.1 Å². The average molecular weight is 379 g/mol. The van der Waals surface area contributed by atoms with Gasteiger partial charge in [0.2, 0.25) is 5.91 Å². The van der Waals surface area contributed by atoms with Crippen molar-refractivity contribution >= 4 is 29.1 Å². The van der Waals surface area contributed by atoms with Crippen LogP contribution in [0.25, 0.3) is 0 Å². The molecular weight excluding hydrogens is 362 g/mol. The third-order valence-electron chi connectivity index (χ3n) is 4.37. The molecule has 0 saturated carbocycles. The molecule has 1 atom stereocenters. The summed E-state index contributed by atoms with van der Waals surface area (Å²) < 4.78 is 26.9. The summed E-state index contributed by atoms with van der Waals surface area (Å²) in [5, 5.41) is 2.77. The predicted octanol–water partition coefficient (Wildman–Crippen LogP) is 4.11. The molecule has 0 aromatic heterocycles. The lowest BCUT2D eigenvalue weighted by Crippen LogP contribution is -2.44. The second-order valence-corrected chi connectivity index (χ2v) is 6.59. The van der Waals surface area contributed by atoms with Crippen molar-refractivity contribution < 1.29 is 18.4 Å². The van der Waals surface area contributed by atoms with Crippen LogP contribution in [0.2, 0.25) is 5.02 Å². The lowest BCUT2D eigenvalue weighted by molar-refractivity contribution is -0.121. The van der Waals surface area contributed by atoms with Gasteiger partial charge in [0.1, 0.15) is 11.6 Å². The van der Waals surface area contributed by atoms with Gasteiger partial charge in [0.25, 0.3) is 5.91 Å². The number of benzene rings is 2. The van der Waals surface area contributed by atoms with Crippen molar-refractivity contribution in [2.45, 2.75) is 12.8 Å². The van der Waals surface area contributed by atoms with Crippen molar-refractivity contribution in [3.8, 4) is 0 Å². The first-order valence-corrected chi connectivity index (χ1v) is 8.63. The van der Waals surface area contributed by atoms with Gasteiger partial charge in [-0.15, -0.1) is 0 Å². The number of nitrogens with one attached hydrogen (secondary N) is 1. The topological polar surface area (TPSA) is 49.4 Å². The molecule has 1 aliphatic rings. The van der Waals surface area contributed by atoms with Gasteiger partial charge in [-0.25, -0.2) is 8.78 Å². The van der Waals surface area contributed by atoms with E-state index >= 15 is 0 Å². The molecule has 26 heavy (non-hydrogen) atoms. The Balaban J connectivity index is 1.69. The Morgan fingerprint density at radius 3 is 2.65 bits per heavy atom. The van der Waals surface area contributed by atoms with Crippen LogP contribution in [-0.4, -0.2) is 29.8 Å². The van der Waals surface area contributed by atoms with Gasteiger partial charge in [-0.2, -0.15) is 0 Å². The Hall–Kier alpha value is -2.47. The van der Waals surface area contributed by atoms with Crippen molar-refractivity contribution in [3.63, 3.8) is 0 Å². The van der Waals surface area contributed by atoms with Crippen LogP contribution in [0.5, 0.6) is 0 Å². The fraction of sp³-hybridized carbons (Fsp3) is 0.263. The molecule has 4 nitrogen and oxygen atoms in total. The number of nitrogens with zero attached hydrogens (tertiary/aromatic N) is 1. The third kappa shape index (κ3) is 4.02. The molecule has 1 saturated heterocycles. The van der Waals surface area contributed by atoms with Crippen molar-refractivity contribution in [1.82, 2.24) is 4.90 Å². The molecule has 1 heterocycles. The largest absolute Gasteiger partial charge is 0.338 e. The van der Waals surface area contributed by atoms with Crippen LogP contribution in [0.15, 0.2) is 42.5 Å². The van der Waals surface area contributed by atoms with Crippen LogP contribution in [0.3, 0.4) is 0 Å². The minimum Gasteiger partial charge on any atom is -0.338 e. The fourth-order valence-electron chi connectivity index (χ4n) is 3.01. The SMILES string of the molecule is O=C(Nc1ccc(F)cc1Cl)C1CCCN(C(=O)c2ccccc2F)C1. The van der Waals surface area contributed by atoms with Crippen LogP contribution in [-0.2, 0) is 4.79 Å². The molecule has 0 aliphatic carbocycles. The molecule has 0 spiro atoms.